The fourth-order valence-corrected chi connectivity index (χ4v) is 2.38. The molecule has 1 aromatic rings. The molecule has 2 rings (SSSR count). The highest BCUT2D eigenvalue weighted by molar-refractivity contribution is 5.78. The SMILES string of the molecule is Cn1cc(CCNC(=O)CNC2CCCC2)cn1. The van der Waals surface area contributed by atoms with Gasteiger partial charge < -0.3 is 10.6 Å². The second-order valence-electron chi connectivity index (χ2n) is 4.98. The summed E-state index contributed by atoms with van der Waals surface area (Å²) in [4.78, 5) is 11.6. The van der Waals surface area contributed by atoms with E-state index in [2.05, 4.69) is 15.7 Å². The van der Waals surface area contributed by atoms with Gasteiger partial charge in [0.05, 0.1) is 12.7 Å². The lowest BCUT2D eigenvalue weighted by atomic mass is 10.2. The Morgan fingerprint density at radius 3 is 2.94 bits per heavy atom. The molecule has 0 aliphatic heterocycles. The van der Waals surface area contributed by atoms with E-state index in [-0.39, 0.29) is 5.91 Å². The summed E-state index contributed by atoms with van der Waals surface area (Å²) in [6.07, 6.45) is 9.65. The highest BCUT2D eigenvalue weighted by atomic mass is 16.1. The molecule has 5 heteroatoms. The van der Waals surface area contributed by atoms with Gasteiger partial charge in [-0.05, 0) is 24.8 Å². The van der Waals surface area contributed by atoms with Gasteiger partial charge in [-0.1, -0.05) is 12.8 Å². The normalized spacial score (nSPS) is 16.1. The van der Waals surface area contributed by atoms with Gasteiger partial charge in [0.25, 0.3) is 0 Å². The van der Waals surface area contributed by atoms with E-state index in [0.717, 1.165) is 12.0 Å². The van der Waals surface area contributed by atoms with Crippen LogP contribution in [0.25, 0.3) is 0 Å². The highest BCUT2D eigenvalue weighted by Gasteiger charge is 2.14. The standard InChI is InChI=1S/C13H22N4O/c1-17-10-11(8-16-17)6-7-14-13(18)9-15-12-4-2-3-5-12/h8,10,12,15H,2-7,9H2,1H3,(H,14,18). The molecule has 18 heavy (non-hydrogen) atoms. The van der Waals surface area contributed by atoms with E-state index in [1.165, 1.54) is 25.7 Å². The minimum Gasteiger partial charge on any atom is -0.355 e. The summed E-state index contributed by atoms with van der Waals surface area (Å²) in [5.74, 6) is 0.0887. The number of carbonyl (C=O) groups is 1. The van der Waals surface area contributed by atoms with E-state index in [9.17, 15) is 4.79 Å². The van der Waals surface area contributed by atoms with Crippen LogP contribution in [0.15, 0.2) is 12.4 Å². The fraction of sp³-hybridized carbons (Fsp3) is 0.692. The van der Waals surface area contributed by atoms with Crippen molar-refractivity contribution in [3.8, 4) is 0 Å². The van der Waals surface area contributed by atoms with Gasteiger partial charge in [-0.3, -0.25) is 9.48 Å². The average Bonchev–Trinajstić information content (AvgIpc) is 2.98. The molecule has 2 N–H and O–H groups in total. The zero-order valence-electron chi connectivity index (χ0n) is 11.0. The first-order valence-electron chi connectivity index (χ1n) is 6.71. The van der Waals surface area contributed by atoms with E-state index in [0.29, 0.717) is 19.1 Å². The predicted octanol–water partition coefficient (Wildman–Crippen LogP) is 0.611. The smallest absolute Gasteiger partial charge is 0.233 e. The van der Waals surface area contributed by atoms with Crippen LogP contribution in [-0.2, 0) is 18.3 Å². The molecule has 0 saturated heterocycles. The Morgan fingerprint density at radius 2 is 2.28 bits per heavy atom. The molecule has 1 aliphatic carbocycles. The molecule has 1 amide bonds. The second-order valence-corrected chi connectivity index (χ2v) is 4.98. The Bertz CT molecular complexity index is 382. The first kappa shape index (κ1) is 13.1. The predicted molar refractivity (Wildman–Crippen MR) is 70.2 cm³/mol. The third-order valence-corrected chi connectivity index (χ3v) is 3.40. The van der Waals surface area contributed by atoms with Crippen molar-refractivity contribution in [1.82, 2.24) is 20.4 Å². The van der Waals surface area contributed by atoms with E-state index in [4.69, 9.17) is 0 Å². The van der Waals surface area contributed by atoms with Crippen molar-refractivity contribution in [3.05, 3.63) is 18.0 Å². The number of rotatable bonds is 6. The summed E-state index contributed by atoms with van der Waals surface area (Å²) in [5.41, 5.74) is 1.15. The van der Waals surface area contributed by atoms with E-state index in [1.807, 2.05) is 19.4 Å². The highest BCUT2D eigenvalue weighted by Crippen LogP contribution is 2.17. The van der Waals surface area contributed by atoms with Crippen molar-refractivity contribution in [2.45, 2.75) is 38.1 Å². The topological polar surface area (TPSA) is 59.0 Å². The largest absolute Gasteiger partial charge is 0.355 e. The molecule has 100 valence electrons. The molecule has 1 aromatic heterocycles. The Hall–Kier alpha value is -1.36. The Morgan fingerprint density at radius 1 is 1.50 bits per heavy atom. The van der Waals surface area contributed by atoms with Crippen LogP contribution in [0.3, 0.4) is 0 Å². The molecule has 0 atom stereocenters. The number of nitrogens with one attached hydrogen (secondary N) is 2. The van der Waals surface area contributed by atoms with Crippen LogP contribution in [0.2, 0.25) is 0 Å². The minimum absolute atomic E-state index is 0.0887. The van der Waals surface area contributed by atoms with Crippen molar-refractivity contribution in [3.63, 3.8) is 0 Å². The van der Waals surface area contributed by atoms with Crippen LogP contribution in [0, 0.1) is 0 Å². The van der Waals surface area contributed by atoms with Crippen molar-refractivity contribution in [2.24, 2.45) is 7.05 Å². The molecular formula is C13H22N4O. The van der Waals surface area contributed by atoms with Crippen molar-refractivity contribution in [1.29, 1.82) is 0 Å². The van der Waals surface area contributed by atoms with Crippen molar-refractivity contribution >= 4 is 5.91 Å². The monoisotopic (exact) mass is 250 g/mol. The molecule has 0 bridgehead atoms. The summed E-state index contributed by atoms with van der Waals surface area (Å²) < 4.78 is 1.78. The number of aryl methyl sites for hydroxylation is 1. The summed E-state index contributed by atoms with van der Waals surface area (Å²) in [6.45, 7) is 1.12. The first-order valence-corrected chi connectivity index (χ1v) is 6.71. The third-order valence-electron chi connectivity index (χ3n) is 3.40. The lowest BCUT2D eigenvalue weighted by Gasteiger charge is -2.11. The molecular weight excluding hydrogens is 228 g/mol. The number of amides is 1. The summed E-state index contributed by atoms with van der Waals surface area (Å²) >= 11 is 0. The zero-order valence-corrected chi connectivity index (χ0v) is 11.0. The van der Waals surface area contributed by atoms with Crippen LogP contribution in [0.4, 0.5) is 0 Å². The maximum atomic E-state index is 11.6. The van der Waals surface area contributed by atoms with E-state index < -0.39 is 0 Å². The Labute approximate surface area is 108 Å². The van der Waals surface area contributed by atoms with Gasteiger partial charge in [0.15, 0.2) is 0 Å². The average molecular weight is 250 g/mol. The lowest BCUT2D eigenvalue weighted by molar-refractivity contribution is -0.120. The van der Waals surface area contributed by atoms with E-state index in [1.54, 1.807) is 4.68 Å². The number of nitrogens with zero attached hydrogens (tertiary/aromatic N) is 2. The molecule has 1 aliphatic rings. The number of aromatic nitrogens is 2. The van der Waals surface area contributed by atoms with Crippen LogP contribution in [0.5, 0.6) is 0 Å². The summed E-state index contributed by atoms with van der Waals surface area (Å²) in [5, 5.41) is 10.3. The fourth-order valence-electron chi connectivity index (χ4n) is 2.38. The van der Waals surface area contributed by atoms with Gasteiger partial charge in [0, 0.05) is 25.8 Å². The van der Waals surface area contributed by atoms with Gasteiger partial charge in [0.1, 0.15) is 0 Å². The molecule has 0 aromatic carbocycles. The minimum atomic E-state index is 0.0887. The van der Waals surface area contributed by atoms with E-state index >= 15 is 0 Å². The maximum absolute atomic E-state index is 11.6. The van der Waals surface area contributed by atoms with Crippen molar-refractivity contribution in [2.75, 3.05) is 13.1 Å². The summed E-state index contributed by atoms with van der Waals surface area (Å²) in [7, 11) is 1.90. The first-order chi connectivity index (χ1) is 8.74. The molecule has 0 radical (unpaired) electrons. The van der Waals surface area contributed by atoms with Gasteiger partial charge in [-0.2, -0.15) is 5.10 Å². The third kappa shape index (κ3) is 4.14. The van der Waals surface area contributed by atoms with Gasteiger partial charge in [-0.25, -0.2) is 0 Å². The molecule has 1 saturated carbocycles. The summed E-state index contributed by atoms with van der Waals surface area (Å²) in [6, 6.07) is 0.550. The maximum Gasteiger partial charge on any atom is 0.233 e. The molecule has 0 unspecified atom stereocenters. The van der Waals surface area contributed by atoms with Crippen LogP contribution >= 0.6 is 0 Å². The van der Waals surface area contributed by atoms with Gasteiger partial charge in [-0.15, -0.1) is 0 Å². The molecule has 5 nitrogen and oxygen atoms in total. The van der Waals surface area contributed by atoms with Gasteiger partial charge in [0.2, 0.25) is 5.91 Å². The molecule has 1 heterocycles. The Balaban J connectivity index is 1.57. The number of carbonyl (C=O) groups excluding carboxylic acids is 1. The number of hydrogen-bond donors (Lipinski definition) is 2. The Kier molecular flexibility index (Phi) is 4.75. The van der Waals surface area contributed by atoms with Crippen LogP contribution in [0.1, 0.15) is 31.2 Å². The zero-order chi connectivity index (χ0) is 12.8. The van der Waals surface area contributed by atoms with Crippen LogP contribution < -0.4 is 10.6 Å². The van der Waals surface area contributed by atoms with Crippen LogP contribution in [-0.4, -0.2) is 34.8 Å². The molecule has 1 fully saturated rings. The lowest BCUT2D eigenvalue weighted by Crippen LogP contribution is -2.38. The van der Waals surface area contributed by atoms with Gasteiger partial charge >= 0.3 is 0 Å². The number of hydrogen-bond acceptors (Lipinski definition) is 3. The quantitative estimate of drug-likeness (QED) is 0.778. The molecule has 0 spiro atoms. The second kappa shape index (κ2) is 6.54. The van der Waals surface area contributed by atoms with Crippen molar-refractivity contribution < 1.29 is 4.79 Å².